The lowest BCUT2D eigenvalue weighted by Crippen LogP contribution is -2.40. The van der Waals surface area contributed by atoms with Gasteiger partial charge in [-0.05, 0) is 51.1 Å². The number of carbonyl (C=O) groups excluding carboxylic acids is 1. The molecular weight excluding hydrogens is 362 g/mol. The number of carbonyl (C=O) groups is 1. The number of sulfone groups is 1. The quantitative estimate of drug-likeness (QED) is 0.673. The van der Waals surface area contributed by atoms with E-state index in [4.69, 9.17) is 16.3 Å². The molecule has 0 heterocycles. The van der Waals surface area contributed by atoms with Crippen molar-refractivity contribution in [1.82, 2.24) is 4.90 Å². The van der Waals surface area contributed by atoms with E-state index >= 15 is 0 Å². The van der Waals surface area contributed by atoms with Gasteiger partial charge in [0.25, 0.3) is 0 Å². The predicted molar refractivity (Wildman–Crippen MR) is 99.4 cm³/mol. The van der Waals surface area contributed by atoms with Gasteiger partial charge >= 0.3 is 5.97 Å². The van der Waals surface area contributed by atoms with Crippen molar-refractivity contribution in [3.8, 4) is 0 Å². The topological polar surface area (TPSA) is 63.7 Å². The normalized spacial score (nSPS) is 21.3. The summed E-state index contributed by atoms with van der Waals surface area (Å²) in [4.78, 5) is 13.9. The van der Waals surface area contributed by atoms with E-state index in [9.17, 15) is 13.2 Å². The van der Waals surface area contributed by atoms with Gasteiger partial charge in [-0.15, -0.1) is 0 Å². The standard InChI is InChI=1S/C18H26ClNO4S/c1-20(2)12-11-18(21)24-16-5-3-4-6-17(16)25(22,23)13-14-7-9-15(19)10-8-14/h7-10,16-17H,3-6,11-13H2,1-2H3/t16-,17+/m1/s1. The summed E-state index contributed by atoms with van der Waals surface area (Å²) in [6.07, 6.45) is 2.61. The van der Waals surface area contributed by atoms with Crippen molar-refractivity contribution < 1.29 is 17.9 Å². The Labute approximate surface area is 155 Å². The van der Waals surface area contributed by atoms with Crippen LogP contribution < -0.4 is 0 Å². The number of esters is 1. The SMILES string of the molecule is CN(C)CCC(=O)O[C@@H]1CCCC[C@@H]1S(=O)(=O)Cc1ccc(Cl)cc1. The molecular formula is C18H26ClNO4S. The van der Waals surface area contributed by atoms with Crippen LogP contribution in [-0.2, 0) is 25.1 Å². The van der Waals surface area contributed by atoms with Gasteiger partial charge in [-0.2, -0.15) is 0 Å². The number of nitrogens with zero attached hydrogens (tertiary/aromatic N) is 1. The van der Waals surface area contributed by atoms with Crippen molar-refractivity contribution in [2.24, 2.45) is 0 Å². The lowest BCUT2D eigenvalue weighted by Gasteiger charge is -2.31. The zero-order valence-corrected chi connectivity index (χ0v) is 16.4. The van der Waals surface area contributed by atoms with Crippen molar-refractivity contribution in [3.05, 3.63) is 34.9 Å². The Morgan fingerprint density at radius 3 is 2.48 bits per heavy atom. The molecule has 2 rings (SSSR count). The predicted octanol–water partition coefficient (Wildman–Crippen LogP) is 3.06. The molecule has 0 amide bonds. The Kier molecular flexibility index (Phi) is 7.28. The molecule has 25 heavy (non-hydrogen) atoms. The van der Waals surface area contributed by atoms with E-state index in [2.05, 4.69) is 0 Å². The molecule has 0 aliphatic heterocycles. The second kappa shape index (κ2) is 9.01. The molecule has 0 aromatic heterocycles. The summed E-state index contributed by atoms with van der Waals surface area (Å²) < 4.78 is 31.3. The molecule has 1 aliphatic rings. The first kappa shape index (κ1) is 20.2. The van der Waals surface area contributed by atoms with Crippen molar-refractivity contribution in [1.29, 1.82) is 0 Å². The van der Waals surface area contributed by atoms with Gasteiger partial charge in [0.15, 0.2) is 9.84 Å². The fourth-order valence-electron chi connectivity index (χ4n) is 3.07. The number of rotatable bonds is 7. The van der Waals surface area contributed by atoms with E-state index in [0.717, 1.165) is 12.8 Å². The second-order valence-corrected chi connectivity index (χ2v) is 9.49. The molecule has 0 radical (unpaired) electrons. The van der Waals surface area contributed by atoms with E-state index in [1.165, 1.54) is 0 Å². The average Bonchev–Trinajstić information content (AvgIpc) is 2.55. The number of hydrogen-bond donors (Lipinski definition) is 0. The average molecular weight is 388 g/mol. The highest BCUT2D eigenvalue weighted by Gasteiger charge is 2.37. The molecule has 0 unspecified atom stereocenters. The Hall–Kier alpha value is -1.11. The van der Waals surface area contributed by atoms with E-state index in [1.807, 2.05) is 19.0 Å². The summed E-state index contributed by atoms with van der Waals surface area (Å²) in [5.74, 6) is -0.382. The largest absolute Gasteiger partial charge is 0.461 e. The van der Waals surface area contributed by atoms with Gasteiger partial charge in [-0.3, -0.25) is 4.79 Å². The maximum Gasteiger partial charge on any atom is 0.307 e. The molecule has 1 aliphatic carbocycles. The van der Waals surface area contributed by atoms with Crippen LogP contribution in [0.1, 0.15) is 37.7 Å². The highest BCUT2D eigenvalue weighted by atomic mass is 35.5. The Morgan fingerprint density at radius 1 is 1.20 bits per heavy atom. The van der Waals surface area contributed by atoms with Crippen LogP contribution >= 0.6 is 11.6 Å². The number of benzene rings is 1. The minimum atomic E-state index is -3.41. The van der Waals surface area contributed by atoms with Gasteiger partial charge in [0.2, 0.25) is 0 Å². The number of hydrogen-bond acceptors (Lipinski definition) is 5. The smallest absolute Gasteiger partial charge is 0.307 e. The van der Waals surface area contributed by atoms with Crippen molar-refractivity contribution in [2.45, 2.75) is 49.2 Å². The minimum absolute atomic E-state index is 0.0550. The summed E-state index contributed by atoms with van der Waals surface area (Å²) in [6, 6.07) is 6.82. The summed E-state index contributed by atoms with van der Waals surface area (Å²) in [6.45, 7) is 0.591. The minimum Gasteiger partial charge on any atom is -0.461 e. The third-order valence-electron chi connectivity index (χ3n) is 4.43. The first-order chi connectivity index (χ1) is 11.8. The first-order valence-electron chi connectivity index (χ1n) is 8.58. The summed E-state index contributed by atoms with van der Waals surface area (Å²) >= 11 is 5.85. The molecule has 140 valence electrons. The summed E-state index contributed by atoms with van der Waals surface area (Å²) in [5, 5.41) is -0.0493. The molecule has 5 nitrogen and oxygen atoms in total. The lowest BCUT2D eigenvalue weighted by molar-refractivity contribution is -0.150. The van der Waals surface area contributed by atoms with E-state index in [1.54, 1.807) is 24.3 Å². The van der Waals surface area contributed by atoms with Crippen LogP contribution in [-0.4, -0.2) is 51.3 Å². The summed E-state index contributed by atoms with van der Waals surface area (Å²) in [7, 11) is 0.358. The number of halogens is 1. The Bertz CT molecular complexity index is 673. The summed E-state index contributed by atoms with van der Waals surface area (Å²) in [5.41, 5.74) is 0.702. The van der Waals surface area contributed by atoms with Crippen LogP contribution in [0.2, 0.25) is 5.02 Å². The van der Waals surface area contributed by atoms with E-state index in [-0.39, 0.29) is 18.1 Å². The van der Waals surface area contributed by atoms with Crippen molar-refractivity contribution in [2.75, 3.05) is 20.6 Å². The van der Waals surface area contributed by atoms with Gasteiger partial charge in [0, 0.05) is 11.6 Å². The molecule has 2 atom stereocenters. The Balaban J connectivity index is 2.04. The van der Waals surface area contributed by atoms with Crippen LogP contribution in [0, 0.1) is 0 Å². The monoisotopic (exact) mass is 387 g/mol. The molecule has 0 saturated heterocycles. The maximum atomic E-state index is 12.9. The lowest BCUT2D eigenvalue weighted by atomic mass is 9.97. The highest BCUT2D eigenvalue weighted by Crippen LogP contribution is 2.29. The third kappa shape index (κ3) is 6.28. The van der Waals surface area contributed by atoms with Crippen LogP contribution in [0.5, 0.6) is 0 Å². The zero-order chi connectivity index (χ0) is 18.4. The molecule has 0 bridgehead atoms. The van der Waals surface area contributed by atoms with Gasteiger partial charge < -0.3 is 9.64 Å². The zero-order valence-electron chi connectivity index (χ0n) is 14.8. The molecule has 1 aromatic carbocycles. The van der Waals surface area contributed by atoms with Gasteiger partial charge in [0.1, 0.15) is 6.10 Å². The van der Waals surface area contributed by atoms with E-state index < -0.39 is 21.2 Å². The van der Waals surface area contributed by atoms with Crippen LogP contribution in [0.3, 0.4) is 0 Å². The fraction of sp³-hybridized carbons (Fsp3) is 0.611. The Morgan fingerprint density at radius 2 is 1.84 bits per heavy atom. The van der Waals surface area contributed by atoms with Crippen LogP contribution in [0.15, 0.2) is 24.3 Å². The number of ether oxygens (including phenoxy) is 1. The molecule has 1 fully saturated rings. The van der Waals surface area contributed by atoms with Crippen molar-refractivity contribution >= 4 is 27.4 Å². The highest BCUT2D eigenvalue weighted by molar-refractivity contribution is 7.91. The maximum absolute atomic E-state index is 12.9. The van der Waals surface area contributed by atoms with E-state index in [0.29, 0.717) is 30.0 Å². The third-order valence-corrected chi connectivity index (χ3v) is 6.88. The van der Waals surface area contributed by atoms with Crippen LogP contribution in [0.25, 0.3) is 0 Å². The van der Waals surface area contributed by atoms with Crippen LogP contribution in [0.4, 0.5) is 0 Å². The molecule has 0 N–H and O–H groups in total. The molecule has 7 heteroatoms. The molecule has 0 spiro atoms. The van der Waals surface area contributed by atoms with Gasteiger partial charge in [0.05, 0.1) is 17.4 Å². The molecule has 1 aromatic rings. The first-order valence-corrected chi connectivity index (χ1v) is 10.7. The van der Waals surface area contributed by atoms with Gasteiger partial charge in [-0.1, -0.05) is 30.2 Å². The second-order valence-electron chi connectivity index (χ2n) is 6.84. The van der Waals surface area contributed by atoms with Crippen molar-refractivity contribution in [3.63, 3.8) is 0 Å². The van der Waals surface area contributed by atoms with Gasteiger partial charge in [-0.25, -0.2) is 8.42 Å². The molecule has 1 saturated carbocycles. The fourth-order valence-corrected chi connectivity index (χ4v) is 5.25.